The number of aromatic nitrogens is 1. The highest BCUT2D eigenvalue weighted by molar-refractivity contribution is 7.15. The van der Waals surface area contributed by atoms with Gasteiger partial charge < -0.3 is 20.8 Å². The van der Waals surface area contributed by atoms with Crippen LogP contribution in [0.2, 0.25) is 0 Å². The molecule has 5 atom stereocenters. The molecule has 2 heterocycles. The van der Waals surface area contributed by atoms with Gasteiger partial charge in [0.1, 0.15) is 0 Å². The molecular formula is C24H33N3O3S2. The summed E-state index contributed by atoms with van der Waals surface area (Å²) < 4.78 is 0. The average molecular weight is 476 g/mol. The van der Waals surface area contributed by atoms with Gasteiger partial charge in [0.05, 0.1) is 24.9 Å². The second kappa shape index (κ2) is 9.25. The third-order valence-electron chi connectivity index (χ3n) is 7.72. The summed E-state index contributed by atoms with van der Waals surface area (Å²) in [7, 11) is 0. The van der Waals surface area contributed by atoms with Gasteiger partial charge in [-0.2, -0.15) is 0 Å². The minimum atomic E-state index is -0.602. The van der Waals surface area contributed by atoms with Gasteiger partial charge >= 0.3 is 0 Å². The van der Waals surface area contributed by atoms with Crippen LogP contribution in [0.15, 0.2) is 30.2 Å². The molecule has 2 aliphatic carbocycles. The molecule has 2 aromatic heterocycles. The highest BCUT2D eigenvalue weighted by atomic mass is 32.1. The quantitative estimate of drug-likeness (QED) is 0.434. The number of nitrogens with zero attached hydrogens (tertiary/aromatic N) is 1. The van der Waals surface area contributed by atoms with Gasteiger partial charge in [0.25, 0.3) is 0 Å². The van der Waals surface area contributed by atoms with E-state index in [0.29, 0.717) is 25.9 Å². The number of thiophene rings is 1. The predicted molar refractivity (Wildman–Crippen MR) is 130 cm³/mol. The lowest BCUT2D eigenvalue weighted by Gasteiger charge is -2.58. The smallest absolute Gasteiger partial charge is 0.220 e. The lowest BCUT2D eigenvalue weighted by molar-refractivity contribution is -0.144. The molecule has 2 aliphatic rings. The highest BCUT2D eigenvalue weighted by Gasteiger charge is 2.59. The summed E-state index contributed by atoms with van der Waals surface area (Å²) in [6, 6.07) is 4.01. The first kappa shape index (κ1) is 23.4. The first-order chi connectivity index (χ1) is 15.3. The van der Waals surface area contributed by atoms with Crippen LogP contribution in [0.1, 0.15) is 54.5 Å². The fourth-order valence-corrected chi connectivity index (χ4v) is 7.46. The van der Waals surface area contributed by atoms with Crippen molar-refractivity contribution in [3.8, 4) is 0 Å². The molecule has 2 aromatic rings. The molecule has 0 saturated heterocycles. The highest BCUT2D eigenvalue weighted by Crippen LogP contribution is 2.62. The molecule has 0 aromatic carbocycles. The summed E-state index contributed by atoms with van der Waals surface area (Å²) in [6.45, 7) is 9.09. The summed E-state index contributed by atoms with van der Waals surface area (Å²) >= 11 is 3.25. The van der Waals surface area contributed by atoms with E-state index in [1.54, 1.807) is 28.7 Å². The van der Waals surface area contributed by atoms with E-state index in [1.807, 2.05) is 24.4 Å². The standard InChI is InChI=1S/C24H33N3O3S2/c1-4-9-25-22-27-21-16(11-20(30)26-13-15-6-5-10-31-15)23(2)8-7-19(29)24(3,14-28)18(23)12-17(21)32-22/h4-6,10,16,18-19,28-29H,1,7-9,11-14H2,2-3H3,(H,25,27)(H,26,30)/t16-,18+,19-,23+,24+/m1/s1. The van der Waals surface area contributed by atoms with Crippen molar-refractivity contribution in [3.05, 3.63) is 45.6 Å². The van der Waals surface area contributed by atoms with Gasteiger partial charge in [0, 0.05) is 34.1 Å². The van der Waals surface area contributed by atoms with E-state index < -0.39 is 11.5 Å². The number of nitrogens with one attached hydrogen (secondary N) is 2. The zero-order valence-corrected chi connectivity index (χ0v) is 20.4. The Morgan fingerprint density at radius 3 is 2.94 bits per heavy atom. The molecule has 8 heteroatoms. The van der Waals surface area contributed by atoms with Gasteiger partial charge in [0.2, 0.25) is 5.91 Å². The second-order valence-corrected chi connectivity index (χ2v) is 11.7. The molecule has 0 radical (unpaired) electrons. The van der Waals surface area contributed by atoms with E-state index in [1.165, 1.54) is 0 Å². The van der Waals surface area contributed by atoms with E-state index in [4.69, 9.17) is 4.98 Å². The number of carbonyl (C=O) groups excluding carboxylic acids is 1. The largest absolute Gasteiger partial charge is 0.396 e. The number of carbonyl (C=O) groups is 1. The molecular weight excluding hydrogens is 442 g/mol. The maximum atomic E-state index is 13.0. The molecule has 4 N–H and O–H groups in total. The SMILES string of the molecule is C=CCNc1nc2c(s1)C[C@@H]1[C@](C)(CO)[C@H](O)CC[C@@]1(C)[C@@H]2CC(=O)NCc1cccs1. The number of hydrogen-bond donors (Lipinski definition) is 4. The van der Waals surface area contributed by atoms with Crippen molar-refractivity contribution in [1.82, 2.24) is 10.3 Å². The predicted octanol–water partition coefficient (Wildman–Crippen LogP) is 3.92. The third kappa shape index (κ3) is 4.14. The second-order valence-electron chi connectivity index (χ2n) is 9.59. The van der Waals surface area contributed by atoms with Crippen molar-refractivity contribution in [2.24, 2.45) is 16.7 Å². The van der Waals surface area contributed by atoms with Crippen LogP contribution < -0.4 is 10.6 Å². The summed E-state index contributed by atoms with van der Waals surface area (Å²) in [5.74, 6) is 0.0224. The Morgan fingerprint density at radius 1 is 1.44 bits per heavy atom. The van der Waals surface area contributed by atoms with Crippen molar-refractivity contribution in [3.63, 3.8) is 0 Å². The minimum absolute atomic E-state index is 0.0154. The fraction of sp³-hybridized carbons (Fsp3) is 0.583. The number of hydrogen-bond acceptors (Lipinski definition) is 7. The normalized spacial score (nSPS) is 31.4. The van der Waals surface area contributed by atoms with E-state index in [-0.39, 0.29) is 29.8 Å². The van der Waals surface area contributed by atoms with E-state index in [2.05, 4.69) is 24.1 Å². The Hall–Kier alpha value is -1.74. The number of aliphatic hydroxyl groups is 2. The van der Waals surface area contributed by atoms with Crippen LogP contribution >= 0.6 is 22.7 Å². The Morgan fingerprint density at radius 2 is 2.25 bits per heavy atom. The van der Waals surface area contributed by atoms with Gasteiger partial charge in [-0.15, -0.1) is 29.3 Å². The van der Waals surface area contributed by atoms with Crippen molar-refractivity contribution in [2.45, 2.75) is 58.1 Å². The zero-order valence-electron chi connectivity index (χ0n) is 18.8. The zero-order chi connectivity index (χ0) is 22.9. The number of rotatable bonds is 8. The fourth-order valence-electron chi connectivity index (χ4n) is 5.74. The first-order valence-electron chi connectivity index (χ1n) is 11.2. The molecule has 1 fully saturated rings. The van der Waals surface area contributed by atoms with Gasteiger partial charge in [-0.1, -0.05) is 26.0 Å². The molecule has 1 saturated carbocycles. The molecule has 0 bridgehead atoms. The third-order valence-corrected chi connectivity index (χ3v) is 9.65. The van der Waals surface area contributed by atoms with E-state index in [9.17, 15) is 15.0 Å². The topological polar surface area (TPSA) is 94.5 Å². The van der Waals surface area contributed by atoms with Crippen LogP contribution in [-0.2, 0) is 17.8 Å². The summed E-state index contributed by atoms with van der Waals surface area (Å²) in [4.78, 5) is 20.3. The van der Waals surface area contributed by atoms with Gasteiger partial charge in [-0.3, -0.25) is 4.79 Å². The van der Waals surface area contributed by atoms with Gasteiger partial charge in [0.15, 0.2) is 5.13 Å². The van der Waals surface area contributed by atoms with Crippen LogP contribution in [0.3, 0.4) is 0 Å². The van der Waals surface area contributed by atoms with Crippen molar-refractivity contribution >= 4 is 33.7 Å². The van der Waals surface area contributed by atoms with Crippen molar-refractivity contribution < 1.29 is 15.0 Å². The van der Waals surface area contributed by atoms with Crippen LogP contribution in [0.4, 0.5) is 5.13 Å². The molecule has 6 nitrogen and oxygen atoms in total. The van der Waals surface area contributed by atoms with E-state index in [0.717, 1.165) is 33.4 Å². The van der Waals surface area contributed by atoms with Gasteiger partial charge in [-0.25, -0.2) is 4.98 Å². The summed E-state index contributed by atoms with van der Waals surface area (Å²) in [5, 5.41) is 30.4. The summed E-state index contributed by atoms with van der Waals surface area (Å²) in [6.07, 6.45) is 3.80. The molecule has 0 unspecified atom stereocenters. The molecule has 1 amide bonds. The molecule has 0 aliphatic heterocycles. The van der Waals surface area contributed by atoms with Crippen LogP contribution in [-0.4, -0.2) is 40.4 Å². The van der Waals surface area contributed by atoms with Crippen LogP contribution in [0, 0.1) is 16.7 Å². The average Bonchev–Trinajstić information content (AvgIpc) is 3.44. The molecule has 174 valence electrons. The number of aliphatic hydroxyl groups excluding tert-OH is 2. The molecule has 0 spiro atoms. The monoisotopic (exact) mass is 475 g/mol. The Bertz CT molecular complexity index is 960. The van der Waals surface area contributed by atoms with Crippen LogP contribution in [0.25, 0.3) is 0 Å². The number of fused-ring (bicyclic) bond motifs is 2. The lowest BCUT2D eigenvalue weighted by atomic mass is 9.47. The minimum Gasteiger partial charge on any atom is -0.396 e. The Labute approximate surface area is 197 Å². The maximum Gasteiger partial charge on any atom is 0.220 e. The molecule has 32 heavy (non-hydrogen) atoms. The van der Waals surface area contributed by atoms with E-state index >= 15 is 0 Å². The number of thiazole rings is 1. The summed E-state index contributed by atoms with van der Waals surface area (Å²) in [5.41, 5.74) is 0.173. The number of amides is 1. The maximum absolute atomic E-state index is 13.0. The van der Waals surface area contributed by atoms with Crippen molar-refractivity contribution in [1.29, 1.82) is 0 Å². The number of anilines is 1. The lowest BCUT2D eigenvalue weighted by Crippen LogP contribution is -2.57. The van der Waals surface area contributed by atoms with Crippen molar-refractivity contribution in [2.75, 3.05) is 18.5 Å². The molecule has 4 rings (SSSR count). The van der Waals surface area contributed by atoms with Gasteiger partial charge in [-0.05, 0) is 42.0 Å². The first-order valence-corrected chi connectivity index (χ1v) is 12.9. The Balaban J connectivity index is 1.66. The van der Waals surface area contributed by atoms with Crippen LogP contribution in [0.5, 0.6) is 0 Å². The Kier molecular flexibility index (Phi) is 6.77.